The zero-order valence-electron chi connectivity index (χ0n) is 21.5. The van der Waals surface area contributed by atoms with Gasteiger partial charge < -0.3 is 19.7 Å². The van der Waals surface area contributed by atoms with Crippen molar-refractivity contribution in [2.45, 2.75) is 37.9 Å². The second-order valence-corrected chi connectivity index (χ2v) is 9.39. The summed E-state index contributed by atoms with van der Waals surface area (Å²) in [5.74, 6) is -2.10. The number of hydrogen-bond acceptors (Lipinski definition) is 5. The van der Waals surface area contributed by atoms with Crippen molar-refractivity contribution >= 4 is 17.8 Å². The Kier molecular flexibility index (Phi) is 7.92. The molecule has 0 saturated carbocycles. The lowest BCUT2D eigenvalue weighted by Gasteiger charge is -2.32. The first kappa shape index (κ1) is 25.9. The van der Waals surface area contributed by atoms with E-state index in [2.05, 4.69) is 5.32 Å². The van der Waals surface area contributed by atoms with Crippen LogP contribution in [0.5, 0.6) is 5.75 Å². The molecule has 1 fully saturated rings. The molecule has 0 aromatic heterocycles. The van der Waals surface area contributed by atoms with Crippen LogP contribution in [0.25, 0.3) is 0 Å². The van der Waals surface area contributed by atoms with Gasteiger partial charge in [-0.05, 0) is 43.2 Å². The summed E-state index contributed by atoms with van der Waals surface area (Å²) >= 11 is 0. The summed E-state index contributed by atoms with van der Waals surface area (Å²) in [6.07, 6.45) is 0. The molecule has 3 aromatic carbocycles. The monoisotopic (exact) mass is 500 g/mol. The van der Waals surface area contributed by atoms with E-state index in [1.54, 1.807) is 29.2 Å². The molecule has 0 bridgehead atoms. The van der Waals surface area contributed by atoms with Crippen LogP contribution in [0.1, 0.15) is 47.3 Å². The van der Waals surface area contributed by atoms with Crippen molar-refractivity contribution in [1.29, 1.82) is 0 Å². The number of methoxy groups -OCH3 is 2. The summed E-state index contributed by atoms with van der Waals surface area (Å²) in [7, 11) is 2.87. The van der Waals surface area contributed by atoms with E-state index < -0.39 is 29.9 Å². The minimum atomic E-state index is -0.960. The predicted octanol–water partition coefficient (Wildman–Crippen LogP) is 4.36. The highest BCUT2D eigenvalue weighted by Gasteiger charge is 2.58. The molecule has 7 heteroatoms. The number of carbonyl (C=O) groups excluding carboxylic acids is 3. The van der Waals surface area contributed by atoms with Crippen LogP contribution in [0, 0.1) is 5.92 Å². The van der Waals surface area contributed by atoms with Gasteiger partial charge in [-0.2, -0.15) is 0 Å². The molecule has 1 saturated heterocycles. The molecule has 1 aliphatic heterocycles. The van der Waals surface area contributed by atoms with Crippen molar-refractivity contribution in [2.24, 2.45) is 5.92 Å². The molecule has 4 rings (SSSR count). The van der Waals surface area contributed by atoms with Gasteiger partial charge >= 0.3 is 5.97 Å². The third kappa shape index (κ3) is 5.21. The topological polar surface area (TPSA) is 84.9 Å². The molecule has 37 heavy (non-hydrogen) atoms. The van der Waals surface area contributed by atoms with Gasteiger partial charge in [0.25, 0.3) is 5.91 Å². The summed E-state index contributed by atoms with van der Waals surface area (Å²) < 4.78 is 10.6. The molecule has 2 amide bonds. The molecule has 7 nitrogen and oxygen atoms in total. The highest BCUT2D eigenvalue weighted by Crippen LogP contribution is 2.51. The number of nitrogens with zero attached hydrogens (tertiary/aromatic N) is 1. The number of carbonyl (C=O) groups is 3. The van der Waals surface area contributed by atoms with Crippen LogP contribution < -0.4 is 10.1 Å². The Labute approximate surface area is 217 Å². The van der Waals surface area contributed by atoms with Crippen LogP contribution >= 0.6 is 0 Å². The zero-order valence-corrected chi connectivity index (χ0v) is 21.5. The molecular formula is C30H32N2O5. The normalized spacial score (nSPS) is 20.9. The predicted molar refractivity (Wildman–Crippen MR) is 140 cm³/mol. The molecule has 192 valence electrons. The zero-order chi connectivity index (χ0) is 26.5. The molecule has 1 N–H and O–H groups in total. The maximum absolute atomic E-state index is 14.3. The number of likely N-dealkylation sites (tertiary alicyclic amines) is 1. The Balaban J connectivity index is 1.98. The first-order chi connectivity index (χ1) is 17.9. The lowest BCUT2D eigenvalue weighted by Crippen LogP contribution is -2.50. The first-order valence-electron chi connectivity index (χ1n) is 12.3. The number of rotatable bonds is 7. The molecule has 3 aromatic rings. The van der Waals surface area contributed by atoms with Crippen LogP contribution in [0.4, 0.5) is 0 Å². The lowest BCUT2D eigenvalue weighted by atomic mass is 9.79. The molecule has 4 atom stereocenters. The van der Waals surface area contributed by atoms with Gasteiger partial charge in [-0.1, -0.05) is 66.7 Å². The smallest absolute Gasteiger partial charge is 0.311 e. The number of hydrogen-bond donors (Lipinski definition) is 1. The van der Waals surface area contributed by atoms with Crippen molar-refractivity contribution < 1.29 is 23.9 Å². The molecule has 0 spiro atoms. The molecule has 0 aliphatic carbocycles. The minimum absolute atomic E-state index is 0.162. The second kappa shape index (κ2) is 11.3. The largest absolute Gasteiger partial charge is 0.497 e. The maximum atomic E-state index is 14.3. The highest BCUT2D eigenvalue weighted by molar-refractivity contribution is 6.00. The average molecular weight is 501 g/mol. The second-order valence-electron chi connectivity index (χ2n) is 9.39. The SMILES string of the molecule is COC(=O)C1C(c2ccccc2)C(C(=O)NC(C)C)N(C(=O)c2cccc(OC)c2)C1c1ccccc1. The summed E-state index contributed by atoms with van der Waals surface area (Å²) in [6, 6.07) is 23.7. The van der Waals surface area contributed by atoms with Gasteiger partial charge in [0.15, 0.2) is 0 Å². The number of benzene rings is 3. The lowest BCUT2D eigenvalue weighted by molar-refractivity contribution is -0.146. The Bertz CT molecular complexity index is 1250. The van der Waals surface area contributed by atoms with E-state index in [0.717, 1.165) is 11.1 Å². The summed E-state index contributed by atoms with van der Waals surface area (Å²) in [6.45, 7) is 3.73. The van der Waals surface area contributed by atoms with Crippen LogP contribution in [0.3, 0.4) is 0 Å². The molecule has 4 unspecified atom stereocenters. The number of amides is 2. The fourth-order valence-electron chi connectivity index (χ4n) is 5.22. The van der Waals surface area contributed by atoms with E-state index in [9.17, 15) is 14.4 Å². The average Bonchev–Trinajstić information content (AvgIpc) is 3.29. The van der Waals surface area contributed by atoms with E-state index in [-0.39, 0.29) is 17.9 Å². The van der Waals surface area contributed by atoms with Gasteiger partial charge in [0.05, 0.1) is 26.2 Å². The number of esters is 1. The van der Waals surface area contributed by atoms with E-state index >= 15 is 0 Å². The summed E-state index contributed by atoms with van der Waals surface area (Å²) in [5, 5.41) is 2.98. The van der Waals surface area contributed by atoms with Crippen molar-refractivity contribution in [1.82, 2.24) is 10.2 Å². The van der Waals surface area contributed by atoms with Gasteiger partial charge in [0.1, 0.15) is 11.8 Å². The Morgan fingerprint density at radius 2 is 1.46 bits per heavy atom. The first-order valence-corrected chi connectivity index (χ1v) is 12.3. The summed E-state index contributed by atoms with van der Waals surface area (Å²) in [5.41, 5.74) is 1.89. The molecule has 1 heterocycles. The molecule has 1 aliphatic rings. The van der Waals surface area contributed by atoms with E-state index in [1.165, 1.54) is 14.2 Å². The van der Waals surface area contributed by atoms with E-state index in [0.29, 0.717) is 11.3 Å². The van der Waals surface area contributed by atoms with Crippen LogP contribution in [-0.4, -0.2) is 49.0 Å². The fraction of sp³-hybridized carbons (Fsp3) is 0.300. The van der Waals surface area contributed by atoms with Crippen molar-refractivity contribution in [2.75, 3.05) is 14.2 Å². The van der Waals surface area contributed by atoms with Crippen molar-refractivity contribution in [3.63, 3.8) is 0 Å². The van der Waals surface area contributed by atoms with E-state index in [4.69, 9.17) is 9.47 Å². The number of ether oxygens (including phenoxy) is 2. The van der Waals surface area contributed by atoms with Gasteiger partial charge in [0, 0.05) is 17.5 Å². The Morgan fingerprint density at radius 3 is 2.03 bits per heavy atom. The Hall–Kier alpha value is -4.13. The van der Waals surface area contributed by atoms with Crippen molar-refractivity contribution in [3.05, 3.63) is 102 Å². The van der Waals surface area contributed by atoms with Crippen molar-refractivity contribution in [3.8, 4) is 5.75 Å². The fourth-order valence-corrected chi connectivity index (χ4v) is 5.22. The van der Waals surface area contributed by atoms with Crippen LogP contribution in [0.2, 0.25) is 0 Å². The van der Waals surface area contributed by atoms with Gasteiger partial charge in [-0.15, -0.1) is 0 Å². The van der Waals surface area contributed by atoms with Crippen LogP contribution in [-0.2, 0) is 14.3 Å². The standard InChI is InChI=1S/C30H32N2O5/c1-19(2)31-28(33)27-24(20-12-7-5-8-13-20)25(30(35)37-4)26(21-14-9-6-10-15-21)32(27)29(34)22-16-11-17-23(18-22)36-3/h5-19,24-27H,1-4H3,(H,31,33). The maximum Gasteiger partial charge on any atom is 0.311 e. The Morgan fingerprint density at radius 1 is 0.838 bits per heavy atom. The van der Waals surface area contributed by atoms with Gasteiger partial charge in [-0.3, -0.25) is 14.4 Å². The summed E-state index contributed by atoms with van der Waals surface area (Å²) in [4.78, 5) is 43.2. The van der Waals surface area contributed by atoms with Gasteiger partial charge in [-0.25, -0.2) is 0 Å². The third-order valence-corrected chi connectivity index (χ3v) is 6.72. The molecular weight excluding hydrogens is 468 g/mol. The molecule has 0 radical (unpaired) electrons. The third-order valence-electron chi connectivity index (χ3n) is 6.72. The minimum Gasteiger partial charge on any atom is -0.497 e. The highest BCUT2D eigenvalue weighted by atomic mass is 16.5. The number of nitrogens with one attached hydrogen (secondary N) is 1. The van der Waals surface area contributed by atoms with E-state index in [1.807, 2.05) is 74.5 Å². The van der Waals surface area contributed by atoms with Crippen LogP contribution in [0.15, 0.2) is 84.9 Å². The van der Waals surface area contributed by atoms with Gasteiger partial charge in [0.2, 0.25) is 5.91 Å². The quantitative estimate of drug-likeness (QED) is 0.488.